The molecule has 0 aromatic carbocycles. The second kappa shape index (κ2) is 3.06. The van der Waals surface area contributed by atoms with Crippen molar-refractivity contribution in [3.05, 3.63) is 34.8 Å². The third-order valence-corrected chi connectivity index (χ3v) is 1.90. The minimum atomic E-state index is -0.0279. The Kier molecular flexibility index (Phi) is 2.24. The summed E-state index contributed by atoms with van der Waals surface area (Å²) in [5.41, 5.74) is 1.11. The van der Waals surface area contributed by atoms with Crippen LogP contribution >= 0.6 is 0 Å². The summed E-state index contributed by atoms with van der Waals surface area (Å²) in [4.78, 5) is 0. The van der Waals surface area contributed by atoms with Crippen LogP contribution in [0.3, 0.4) is 0 Å². The predicted octanol–water partition coefficient (Wildman–Crippen LogP) is 1.49. The maximum atomic E-state index is 11.0. The van der Waals surface area contributed by atoms with Gasteiger partial charge in [0.15, 0.2) is 12.3 Å². The number of rotatable bonds is 0. The topological polar surface area (TPSA) is 50.7 Å². The highest BCUT2D eigenvalue weighted by atomic mass is 16.5. The lowest BCUT2D eigenvalue weighted by atomic mass is 9.87. The SMILES string of the molecule is CC(C)(C)c1cc[n+]([O-])c(C#N)c1. The predicted molar refractivity (Wildman–Crippen MR) is 48.8 cm³/mol. The number of aromatic nitrogens is 1. The molecule has 0 saturated carbocycles. The van der Waals surface area contributed by atoms with Gasteiger partial charge in [-0.15, -0.1) is 0 Å². The zero-order chi connectivity index (χ0) is 10.1. The van der Waals surface area contributed by atoms with Gasteiger partial charge in [-0.3, -0.25) is 0 Å². The summed E-state index contributed by atoms with van der Waals surface area (Å²) < 4.78 is 0.579. The van der Waals surface area contributed by atoms with E-state index in [9.17, 15) is 5.21 Å². The number of hydrogen-bond donors (Lipinski definition) is 0. The first-order valence-electron chi connectivity index (χ1n) is 4.09. The number of nitrogens with zero attached hydrogens (tertiary/aromatic N) is 2. The van der Waals surface area contributed by atoms with Gasteiger partial charge in [0.2, 0.25) is 0 Å². The Bertz CT molecular complexity index is 358. The third-order valence-electron chi connectivity index (χ3n) is 1.90. The molecule has 0 atom stereocenters. The molecule has 0 spiro atoms. The molecule has 3 heteroatoms. The van der Waals surface area contributed by atoms with Crippen LogP contribution in [0.1, 0.15) is 32.0 Å². The van der Waals surface area contributed by atoms with Crippen molar-refractivity contribution in [1.82, 2.24) is 0 Å². The highest BCUT2D eigenvalue weighted by Crippen LogP contribution is 2.21. The standard InChI is InChI=1S/C10H12N2O/c1-10(2,3)8-4-5-12(13)9(6-8)7-11/h4-6H,1-3H3. The lowest BCUT2D eigenvalue weighted by Gasteiger charge is -2.18. The Labute approximate surface area is 77.8 Å². The summed E-state index contributed by atoms with van der Waals surface area (Å²) in [6.45, 7) is 6.12. The Morgan fingerprint density at radius 1 is 1.46 bits per heavy atom. The maximum Gasteiger partial charge on any atom is 0.294 e. The summed E-state index contributed by atoms with van der Waals surface area (Å²) in [5.74, 6) is 0. The van der Waals surface area contributed by atoms with Crippen LogP contribution in [0.15, 0.2) is 18.3 Å². The molecule has 68 valence electrons. The fourth-order valence-electron chi connectivity index (χ4n) is 1.04. The summed E-state index contributed by atoms with van der Waals surface area (Å²) >= 11 is 0. The van der Waals surface area contributed by atoms with Gasteiger partial charge < -0.3 is 5.21 Å². The molecule has 0 saturated heterocycles. The van der Waals surface area contributed by atoms with Crippen molar-refractivity contribution in [3.8, 4) is 6.07 Å². The fraction of sp³-hybridized carbons (Fsp3) is 0.400. The molecule has 1 aromatic heterocycles. The largest absolute Gasteiger partial charge is 0.618 e. The van der Waals surface area contributed by atoms with Crippen LogP contribution in [-0.4, -0.2) is 0 Å². The van der Waals surface area contributed by atoms with Crippen molar-refractivity contribution in [2.75, 3.05) is 0 Å². The molecule has 0 unspecified atom stereocenters. The van der Waals surface area contributed by atoms with Gasteiger partial charge in [0.1, 0.15) is 0 Å². The molecule has 1 heterocycles. The van der Waals surface area contributed by atoms with E-state index in [2.05, 4.69) is 0 Å². The molecular formula is C10H12N2O. The fourth-order valence-corrected chi connectivity index (χ4v) is 1.04. The first-order chi connectivity index (χ1) is 5.95. The van der Waals surface area contributed by atoms with Gasteiger partial charge >= 0.3 is 0 Å². The Morgan fingerprint density at radius 3 is 2.54 bits per heavy atom. The monoisotopic (exact) mass is 176 g/mol. The minimum absolute atomic E-state index is 0.0279. The molecule has 1 aromatic rings. The zero-order valence-electron chi connectivity index (χ0n) is 8.03. The molecule has 0 amide bonds. The molecule has 13 heavy (non-hydrogen) atoms. The van der Waals surface area contributed by atoms with Crippen molar-refractivity contribution < 1.29 is 4.73 Å². The zero-order valence-corrected chi connectivity index (χ0v) is 8.03. The Morgan fingerprint density at radius 2 is 2.08 bits per heavy atom. The van der Waals surface area contributed by atoms with E-state index in [0.29, 0.717) is 4.73 Å². The highest BCUT2D eigenvalue weighted by Gasteiger charge is 2.16. The molecular weight excluding hydrogens is 164 g/mol. The van der Waals surface area contributed by atoms with E-state index in [1.54, 1.807) is 12.1 Å². The number of pyridine rings is 1. The van der Waals surface area contributed by atoms with Crippen LogP contribution in [0.4, 0.5) is 0 Å². The quantitative estimate of drug-likeness (QED) is 0.444. The molecule has 1 rings (SSSR count). The molecule has 3 nitrogen and oxygen atoms in total. The molecule has 0 aliphatic carbocycles. The number of nitriles is 1. The minimum Gasteiger partial charge on any atom is -0.618 e. The van der Waals surface area contributed by atoms with Gasteiger partial charge in [-0.2, -0.15) is 9.99 Å². The summed E-state index contributed by atoms with van der Waals surface area (Å²) in [6.07, 6.45) is 1.37. The maximum absolute atomic E-state index is 11.0. The van der Waals surface area contributed by atoms with E-state index in [1.807, 2.05) is 26.8 Å². The van der Waals surface area contributed by atoms with Crippen LogP contribution in [0, 0.1) is 16.5 Å². The molecule has 0 bridgehead atoms. The van der Waals surface area contributed by atoms with E-state index in [1.165, 1.54) is 6.20 Å². The van der Waals surface area contributed by atoms with Crippen LogP contribution in [0.5, 0.6) is 0 Å². The Hall–Kier alpha value is -1.56. The average Bonchev–Trinajstić information content (AvgIpc) is 2.03. The van der Waals surface area contributed by atoms with Gasteiger partial charge in [-0.25, -0.2) is 0 Å². The van der Waals surface area contributed by atoms with E-state index in [0.717, 1.165) is 5.56 Å². The lowest BCUT2D eigenvalue weighted by Crippen LogP contribution is -2.30. The molecule has 0 aliphatic heterocycles. The summed E-state index contributed by atoms with van der Waals surface area (Å²) in [7, 11) is 0. The molecule has 0 radical (unpaired) electrons. The van der Waals surface area contributed by atoms with Crippen LogP contribution in [0.25, 0.3) is 0 Å². The van der Waals surface area contributed by atoms with Crippen molar-refractivity contribution in [2.45, 2.75) is 26.2 Å². The Balaban J connectivity index is 3.24. The van der Waals surface area contributed by atoms with E-state index in [4.69, 9.17) is 5.26 Å². The molecule has 0 N–H and O–H groups in total. The van der Waals surface area contributed by atoms with E-state index >= 15 is 0 Å². The third kappa shape index (κ3) is 1.97. The first-order valence-corrected chi connectivity index (χ1v) is 4.09. The van der Waals surface area contributed by atoms with Crippen LogP contribution in [-0.2, 0) is 5.41 Å². The van der Waals surface area contributed by atoms with Gasteiger partial charge in [-0.05, 0) is 11.0 Å². The van der Waals surface area contributed by atoms with Crippen molar-refractivity contribution in [2.24, 2.45) is 0 Å². The van der Waals surface area contributed by atoms with Gasteiger partial charge in [0, 0.05) is 12.1 Å². The van der Waals surface area contributed by atoms with Crippen molar-refractivity contribution in [1.29, 1.82) is 5.26 Å². The normalized spacial score (nSPS) is 10.9. The van der Waals surface area contributed by atoms with Crippen LogP contribution in [0.2, 0.25) is 0 Å². The van der Waals surface area contributed by atoms with E-state index < -0.39 is 0 Å². The molecule has 0 aliphatic rings. The average molecular weight is 176 g/mol. The second-order valence-electron chi connectivity index (χ2n) is 3.99. The number of hydrogen-bond acceptors (Lipinski definition) is 2. The van der Waals surface area contributed by atoms with Gasteiger partial charge in [0.25, 0.3) is 5.69 Å². The summed E-state index contributed by atoms with van der Waals surface area (Å²) in [6, 6.07) is 5.23. The van der Waals surface area contributed by atoms with Crippen molar-refractivity contribution in [3.63, 3.8) is 0 Å². The van der Waals surface area contributed by atoms with Crippen molar-refractivity contribution >= 4 is 0 Å². The summed E-state index contributed by atoms with van der Waals surface area (Å²) in [5, 5.41) is 19.7. The lowest BCUT2D eigenvalue weighted by molar-refractivity contribution is -0.608. The van der Waals surface area contributed by atoms with Gasteiger partial charge in [-0.1, -0.05) is 20.8 Å². The first kappa shape index (κ1) is 9.53. The van der Waals surface area contributed by atoms with E-state index in [-0.39, 0.29) is 11.1 Å². The second-order valence-corrected chi connectivity index (χ2v) is 3.99. The smallest absolute Gasteiger partial charge is 0.294 e. The van der Waals surface area contributed by atoms with Crippen LogP contribution < -0.4 is 4.73 Å². The molecule has 0 fully saturated rings. The van der Waals surface area contributed by atoms with Gasteiger partial charge in [0.05, 0.1) is 0 Å². The highest BCUT2D eigenvalue weighted by molar-refractivity contribution is 5.26.